The molecular weight excluding hydrogens is 503 g/mol. The van der Waals surface area contributed by atoms with Crippen molar-refractivity contribution in [2.75, 3.05) is 18.4 Å². The highest BCUT2D eigenvalue weighted by Crippen LogP contribution is 2.29. The van der Waals surface area contributed by atoms with Crippen LogP contribution in [0, 0.1) is 5.82 Å². The summed E-state index contributed by atoms with van der Waals surface area (Å²) in [5.41, 5.74) is 2.02. The highest BCUT2D eigenvalue weighted by Gasteiger charge is 2.25. The molecule has 0 fully saturated rings. The number of para-hydroxylation sites is 1. The van der Waals surface area contributed by atoms with Crippen LogP contribution in [0.2, 0.25) is 5.02 Å². The van der Waals surface area contributed by atoms with E-state index in [-0.39, 0.29) is 24.1 Å². The number of nitrogens with one attached hydrogen (secondary N) is 1. The minimum absolute atomic E-state index is 0.0792. The average molecular weight is 533 g/mol. The number of benzene rings is 3. The maximum atomic E-state index is 14.5. The third-order valence-corrected chi connectivity index (χ3v) is 6.38. The van der Waals surface area contributed by atoms with E-state index < -0.39 is 17.6 Å². The summed E-state index contributed by atoms with van der Waals surface area (Å²) in [4.78, 5) is 28.0. The molecule has 6 nitrogen and oxygen atoms in total. The molecule has 8 heteroatoms. The van der Waals surface area contributed by atoms with Crippen LogP contribution < -0.4 is 5.32 Å². The number of nitrogens with zero attached hydrogens (tertiary/aromatic N) is 3. The number of carbonyl (C=O) groups excluding carboxylic acids is 2. The first kappa shape index (κ1) is 27.1. The van der Waals surface area contributed by atoms with Crippen molar-refractivity contribution >= 4 is 29.2 Å². The van der Waals surface area contributed by atoms with Crippen LogP contribution in [-0.4, -0.2) is 39.6 Å². The van der Waals surface area contributed by atoms with Crippen LogP contribution in [0.5, 0.6) is 0 Å². The molecule has 0 aliphatic heterocycles. The maximum Gasteiger partial charge on any atom is 0.257 e. The average Bonchev–Trinajstić information content (AvgIpc) is 3.31. The van der Waals surface area contributed by atoms with Gasteiger partial charge in [-0.2, -0.15) is 5.10 Å². The van der Waals surface area contributed by atoms with E-state index >= 15 is 0 Å². The van der Waals surface area contributed by atoms with E-state index in [1.807, 2.05) is 69.3 Å². The second kappa shape index (κ2) is 11.6. The fourth-order valence-electron chi connectivity index (χ4n) is 3.97. The van der Waals surface area contributed by atoms with Crippen LogP contribution >= 0.6 is 11.6 Å². The Morgan fingerprint density at radius 2 is 1.63 bits per heavy atom. The van der Waals surface area contributed by atoms with Gasteiger partial charge in [0.1, 0.15) is 18.2 Å². The molecule has 196 valence electrons. The van der Waals surface area contributed by atoms with E-state index in [4.69, 9.17) is 16.7 Å². The molecule has 0 unspecified atom stereocenters. The van der Waals surface area contributed by atoms with Gasteiger partial charge in [-0.25, -0.2) is 9.07 Å². The van der Waals surface area contributed by atoms with Crippen LogP contribution in [-0.2, 0) is 16.6 Å². The van der Waals surface area contributed by atoms with Crippen LogP contribution in [0.1, 0.15) is 42.4 Å². The van der Waals surface area contributed by atoms with E-state index in [0.717, 1.165) is 11.3 Å². The standard InChI is InChI=1S/C30H30ClFN4O2/c1-30(2,3)26-19-27(36(34-26)25-16-10-8-14-23(25)31)33-28(37)20-35(18-17-21-11-5-4-6-12-21)29(38)22-13-7-9-15-24(22)32/h4-16,19H,17-18,20H2,1-3H3,(H,33,37). The topological polar surface area (TPSA) is 67.2 Å². The maximum absolute atomic E-state index is 14.5. The molecule has 0 aliphatic carbocycles. The molecule has 38 heavy (non-hydrogen) atoms. The quantitative estimate of drug-likeness (QED) is 0.290. The van der Waals surface area contributed by atoms with Crippen LogP contribution in [0.25, 0.3) is 5.69 Å². The molecule has 0 radical (unpaired) electrons. The summed E-state index contributed by atoms with van der Waals surface area (Å²) < 4.78 is 16.1. The largest absolute Gasteiger partial charge is 0.329 e. The molecule has 0 aliphatic rings. The Morgan fingerprint density at radius 1 is 0.974 bits per heavy atom. The predicted octanol–water partition coefficient (Wildman–Crippen LogP) is 6.29. The van der Waals surface area contributed by atoms with Gasteiger partial charge < -0.3 is 10.2 Å². The number of aromatic nitrogens is 2. The van der Waals surface area contributed by atoms with E-state index in [2.05, 4.69) is 5.32 Å². The van der Waals surface area contributed by atoms with E-state index in [1.165, 1.54) is 23.1 Å². The van der Waals surface area contributed by atoms with Gasteiger partial charge in [0, 0.05) is 18.0 Å². The number of amides is 2. The van der Waals surface area contributed by atoms with Crippen molar-refractivity contribution in [3.63, 3.8) is 0 Å². The van der Waals surface area contributed by atoms with Gasteiger partial charge in [0.05, 0.1) is 22.0 Å². The summed E-state index contributed by atoms with van der Waals surface area (Å²) in [6.45, 7) is 6.04. The first-order valence-corrected chi connectivity index (χ1v) is 12.7. The van der Waals surface area contributed by atoms with Gasteiger partial charge in [-0.1, -0.05) is 87.0 Å². The van der Waals surface area contributed by atoms with Crippen molar-refractivity contribution in [1.82, 2.24) is 14.7 Å². The molecule has 1 aromatic heterocycles. The van der Waals surface area contributed by atoms with Crippen molar-refractivity contribution < 1.29 is 14.0 Å². The second-order valence-corrected chi connectivity index (χ2v) is 10.4. The normalized spacial score (nSPS) is 11.3. The Bertz CT molecular complexity index is 1430. The Morgan fingerprint density at radius 3 is 2.32 bits per heavy atom. The molecule has 3 aromatic carbocycles. The van der Waals surface area contributed by atoms with E-state index in [0.29, 0.717) is 22.9 Å². The molecule has 4 rings (SSSR count). The van der Waals surface area contributed by atoms with Crippen LogP contribution in [0.4, 0.5) is 10.2 Å². The number of halogens is 2. The van der Waals surface area contributed by atoms with Gasteiger partial charge in [-0.15, -0.1) is 0 Å². The Hall–Kier alpha value is -3.97. The van der Waals surface area contributed by atoms with Gasteiger partial charge in [-0.3, -0.25) is 9.59 Å². The van der Waals surface area contributed by atoms with E-state index in [9.17, 15) is 14.0 Å². The lowest BCUT2D eigenvalue weighted by Gasteiger charge is -2.23. The van der Waals surface area contributed by atoms with Gasteiger partial charge in [0.2, 0.25) is 5.91 Å². The predicted molar refractivity (Wildman–Crippen MR) is 148 cm³/mol. The van der Waals surface area contributed by atoms with Gasteiger partial charge in [0.25, 0.3) is 5.91 Å². The zero-order valence-electron chi connectivity index (χ0n) is 21.6. The minimum atomic E-state index is -0.630. The molecule has 4 aromatic rings. The zero-order valence-corrected chi connectivity index (χ0v) is 22.4. The number of carbonyl (C=O) groups is 2. The van der Waals surface area contributed by atoms with Crippen molar-refractivity contribution in [3.05, 3.63) is 113 Å². The third kappa shape index (κ3) is 6.47. The molecule has 0 saturated heterocycles. The molecule has 1 heterocycles. The lowest BCUT2D eigenvalue weighted by molar-refractivity contribution is -0.116. The fourth-order valence-corrected chi connectivity index (χ4v) is 4.18. The van der Waals surface area contributed by atoms with Gasteiger partial charge in [-0.05, 0) is 36.2 Å². The lowest BCUT2D eigenvalue weighted by Crippen LogP contribution is -2.40. The van der Waals surface area contributed by atoms with Gasteiger partial charge in [0.15, 0.2) is 0 Å². The summed E-state index contributed by atoms with van der Waals surface area (Å²) in [5, 5.41) is 8.07. The summed E-state index contributed by atoms with van der Waals surface area (Å²) in [6.07, 6.45) is 0.514. The van der Waals surface area contributed by atoms with Crippen molar-refractivity contribution in [1.29, 1.82) is 0 Å². The van der Waals surface area contributed by atoms with Crippen LogP contribution in [0.3, 0.4) is 0 Å². The number of hydrogen-bond donors (Lipinski definition) is 1. The lowest BCUT2D eigenvalue weighted by atomic mass is 9.92. The third-order valence-electron chi connectivity index (χ3n) is 6.07. The first-order valence-electron chi connectivity index (χ1n) is 12.4. The smallest absolute Gasteiger partial charge is 0.257 e. The second-order valence-electron chi connectivity index (χ2n) is 10.0. The van der Waals surface area contributed by atoms with Crippen LogP contribution in [0.15, 0.2) is 84.9 Å². The van der Waals surface area contributed by atoms with Crippen molar-refractivity contribution in [3.8, 4) is 5.69 Å². The van der Waals surface area contributed by atoms with Crippen molar-refractivity contribution in [2.24, 2.45) is 0 Å². The summed E-state index contributed by atoms with van der Waals surface area (Å²) in [5.74, 6) is -1.19. The molecule has 2 amide bonds. The molecule has 0 spiro atoms. The first-order chi connectivity index (χ1) is 18.1. The Labute approximate surface area is 227 Å². The molecule has 0 saturated carbocycles. The highest BCUT2D eigenvalue weighted by molar-refractivity contribution is 6.32. The molecule has 0 atom stereocenters. The summed E-state index contributed by atoms with van der Waals surface area (Å²) >= 11 is 6.44. The number of rotatable bonds is 8. The number of hydrogen-bond acceptors (Lipinski definition) is 3. The highest BCUT2D eigenvalue weighted by atomic mass is 35.5. The van der Waals surface area contributed by atoms with Crippen molar-refractivity contribution in [2.45, 2.75) is 32.6 Å². The fraction of sp³-hybridized carbons (Fsp3) is 0.233. The molecule has 0 bridgehead atoms. The van der Waals surface area contributed by atoms with Gasteiger partial charge >= 0.3 is 0 Å². The van der Waals surface area contributed by atoms with E-state index in [1.54, 1.807) is 22.9 Å². The summed E-state index contributed by atoms with van der Waals surface area (Å²) in [7, 11) is 0. The zero-order chi connectivity index (χ0) is 27.3. The molecular formula is C30H30ClFN4O2. The minimum Gasteiger partial charge on any atom is -0.329 e. The SMILES string of the molecule is CC(C)(C)c1cc(NC(=O)CN(CCc2ccccc2)C(=O)c2ccccc2F)n(-c2ccccc2Cl)n1. The summed E-state index contributed by atoms with van der Waals surface area (Å²) in [6, 6.07) is 24.4. The monoisotopic (exact) mass is 532 g/mol. The number of anilines is 1. The Balaban J connectivity index is 1.61. The Kier molecular flexibility index (Phi) is 8.27. The molecule has 1 N–H and O–H groups in total.